The van der Waals surface area contributed by atoms with Crippen LogP contribution in [0.25, 0.3) is 10.9 Å². The first-order valence-corrected chi connectivity index (χ1v) is 8.17. The topological polar surface area (TPSA) is 107 Å². The van der Waals surface area contributed by atoms with Gasteiger partial charge in [0.1, 0.15) is 43.3 Å². The minimum Gasteiger partial charge on any atom is -0.398 e. The summed E-state index contributed by atoms with van der Waals surface area (Å²) in [5, 5.41) is 1.94. The van der Waals surface area contributed by atoms with Crippen molar-refractivity contribution in [1.82, 2.24) is 14.9 Å². The first-order chi connectivity index (χ1) is 11.5. The lowest BCUT2D eigenvalue weighted by molar-refractivity contribution is -0.136. The van der Waals surface area contributed by atoms with Gasteiger partial charge in [-0.3, -0.25) is 24.3 Å². The van der Waals surface area contributed by atoms with Gasteiger partial charge in [0.2, 0.25) is 11.8 Å². The number of nitrogens with zero attached hydrogens (tertiary/aromatic N) is 2. The lowest BCUT2D eigenvalue weighted by Crippen LogP contribution is -2.53. The average Bonchev–Trinajstić information content (AvgIpc) is 2.46. The van der Waals surface area contributed by atoms with Crippen LogP contribution in [0.15, 0.2) is 10.9 Å². The molecule has 1 aromatic carbocycles. The van der Waals surface area contributed by atoms with E-state index in [2.05, 4.69) is 10.3 Å². The largest absolute Gasteiger partial charge is 0.398 e. The molecule has 2 aromatic rings. The smallest absolute Gasteiger partial charge is 0.264 e. The van der Waals surface area contributed by atoms with E-state index in [0.717, 1.165) is 10.9 Å². The van der Waals surface area contributed by atoms with E-state index in [4.69, 9.17) is 5.73 Å². The van der Waals surface area contributed by atoms with Crippen molar-refractivity contribution in [2.24, 2.45) is 0 Å². The SMILES string of the molecule is Bc1cc(B)c2nc(C)n(C3C(=O)NC(=O)CC3(B)B)c(=O)c2c1N. The number of rotatable bonds is 1. The van der Waals surface area contributed by atoms with Gasteiger partial charge in [0.25, 0.3) is 5.56 Å². The van der Waals surface area contributed by atoms with Crippen molar-refractivity contribution in [3.05, 3.63) is 22.2 Å². The third-order valence-electron chi connectivity index (χ3n) is 4.92. The van der Waals surface area contributed by atoms with Gasteiger partial charge in [-0.1, -0.05) is 17.0 Å². The van der Waals surface area contributed by atoms with Crippen molar-refractivity contribution in [2.75, 3.05) is 5.73 Å². The van der Waals surface area contributed by atoms with Crippen LogP contribution in [0.4, 0.5) is 5.69 Å². The fraction of sp³-hybridized carbons (Fsp3) is 0.286. The second kappa shape index (κ2) is 5.54. The molecule has 1 aliphatic heterocycles. The Morgan fingerprint density at radius 1 is 1.28 bits per heavy atom. The van der Waals surface area contributed by atoms with Gasteiger partial charge in [-0.25, -0.2) is 4.98 Å². The molecule has 7 nitrogen and oxygen atoms in total. The summed E-state index contributed by atoms with van der Waals surface area (Å²) in [7, 11) is 7.31. The van der Waals surface area contributed by atoms with Crippen molar-refractivity contribution in [1.29, 1.82) is 0 Å². The lowest BCUT2D eigenvalue weighted by atomic mass is 9.47. The van der Waals surface area contributed by atoms with E-state index in [-0.39, 0.29) is 17.9 Å². The van der Waals surface area contributed by atoms with Gasteiger partial charge in [-0.15, -0.1) is 0 Å². The number of piperidine rings is 1. The highest BCUT2D eigenvalue weighted by Crippen LogP contribution is 2.38. The Hall–Kier alpha value is -2.44. The molecule has 1 aromatic heterocycles. The molecule has 1 saturated heterocycles. The Morgan fingerprint density at radius 2 is 1.92 bits per heavy atom. The van der Waals surface area contributed by atoms with Gasteiger partial charge in [-0.2, -0.15) is 0 Å². The summed E-state index contributed by atoms with van der Waals surface area (Å²) >= 11 is 0. The van der Waals surface area contributed by atoms with Gasteiger partial charge < -0.3 is 5.73 Å². The molecule has 124 valence electrons. The molecule has 0 radical (unpaired) electrons. The number of anilines is 1. The second-order valence-electron chi connectivity index (χ2n) is 7.46. The fourth-order valence-electron chi connectivity index (χ4n) is 3.72. The zero-order valence-electron chi connectivity index (χ0n) is 15.1. The highest BCUT2D eigenvalue weighted by Gasteiger charge is 2.44. The Morgan fingerprint density at radius 3 is 2.52 bits per heavy atom. The summed E-state index contributed by atoms with van der Waals surface area (Å²) in [6.45, 7) is 1.69. The van der Waals surface area contributed by atoms with Crippen molar-refractivity contribution < 1.29 is 9.59 Å². The number of nitrogen functional groups attached to an aromatic ring is 1. The second-order valence-corrected chi connectivity index (χ2v) is 7.46. The number of hydrogen-bond donors (Lipinski definition) is 2. The normalized spacial score (nSPS) is 19.8. The van der Waals surface area contributed by atoms with Crippen molar-refractivity contribution >= 4 is 70.7 Å². The number of benzene rings is 1. The molecule has 0 spiro atoms. The molecule has 3 rings (SSSR count). The predicted octanol–water partition coefficient (Wildman–Crippen LogP) is -5.23. The van der Waals surface area contributed by atoms with Gasteiger partial charge in [0, 0.05) is 12.1 Å². The molecule has 1 unspecified atom stereocenters. The summed E-state index contributed by atoms with van der Waals surface area (Å²) < 4.78 is 1.37. The third kappa shape index (κ3) is 2.58. The molecule has 25 heavy (non-hydrogen) atoms. The standard InChI is InChI=1S/C14H18B4N4O3/c1-4-20-10-6(16)2-5(15)9(19)8(10)13(25)22(4)11-12(24)21-7(23)3-14(11,17)18/h2,11H,3,15-19H2,1H3,(H,21,23,24). The van der Waals surface area contributed by atoms with E-state index in [0.29, 0.717) is 22.4 Å². The zero-order chi connectivity index (χ0) is 18.7. The van der Waals surface area contributed by atoms with E-state index in [1.807, 2.05) is 21.8 Å². The van der Waals surface area contributed by atoms with Crippen LogP contribution in [0.5, 0.6) is 0 Å². The van der Waals surface area contributed by atoms with Crippen molar-refractivity contribution in [3.8, 4) is 0 Å². The van der Waals surface area contributed by atoms with Crippen LogP contribution in [0.3, 0.4) is 0 Å². The maximum atomic E-state index is 13.3. The minimum atomic E-state index is -0.824. The number of carbonyl (C=O) groups is 2. The molecule has 1 aliphatic rings. The molecule has 1 fully saturated rings. The van der Waals surface area contributed by atoms with Crippen LogP contribution in [0.2, 0.25) is 5.21 Å². The number of imide groups is 1. The Bertz CT molecular complexity index is 1000. The van der Waals surface area contributed by atoms with E-state index in [1.165, 1.54) is 4.57 Å². The van der Waals surface area contributed by atoms with Crippen molar-refractivity contribution in [2.45, 2.75) is 24.6 Å². The fourth-order valence-corrected chi connectivity index (χ4v) is 3.72. The quantitative estimate of drug-likeness (QED) is 0.308. The number of aromatic nitrogens is 2. The third-order valence-corrected chi connectivity index (χ3v) is 4.92. The summed E-state index contributed by atoms with van der Waals surface area (Å²) in [6, 6.07) is 1.07. The average molecular weight is 334 g/mol. The van der Waals surface area contributed by atoms with Crippen LogP contribution >= 0.6 is 0 Å². The van der Waals surface area contributed by atoms with Crippen LogP contribution in [0.1, 0.15) is 18.3 Å². The van der Waals surface area contributed by atoms with E-state index in [1.54, 1.807) is 22.6 Å². The Balaban J connectivity index is 2.38. The predicted molar refractivity (Wildman–Crippen MR) is 108 cm³/mol. The van der Waals surface area contributed by atoms with E-state index >= 15 is 0 Å². The molecule has 1 atom stereocenters. The molecular formula is C14H18B4N4O3. The first-order valence-electron chi connectivity index (χ1n) is 8.17. The molecule has 2 heterocycles. The maximum absolute atomic E-state index is 13.3. The summed E-state index contributed by atoms with van der Waals surface area (Å²) in [5.74, 6) is -0.404. The van der Waals surface area contributed by atoms with Crippen LogP contribution in [-0.4, -0.2) is 52.8 Å². The van der Waals surface area contributed by atoms with Crippen LogP contribution in [-0.2, 0) is 9.59 Å². The molecule has 3 N–H and O–H groups in total. The Kier molecular flexibility index (Phi) is 3.85. The van der Waals surface area contributed by atoms with E-state index < -0.39 is 17.2 Å². The lowest BCUT2D eigenvalue weighted by Gasteiger charge is -2.38. The molecule has 0 bridgehead atoms. The van der Waals surface area contributed by atoms with Gasteiger partial charge >= 0.3 is 0 Å². The number of fused-ring (bicyclic) bond motifs is 1. The number of hydrogen-bond acceptors (Lipinski definition) is 5. The maximum Gasteiger partial charge on any atom is 0.264 e. The highest BCUT2D eigenvalue weighted by atomic mass is 16.2. The highest BCUT2D eigenvalue weighted by molar-refractivity contribution is 6.45. The number of nitrogens with one attached hydrogen (secondary N) is 1. The number of nitrogens with two attached hydrogens (primary N) is 1. The number of amides is 2. The zero-order valence-corrected chi connectivity index (χ0v) is 15.1. The van der Waals surface area contributed by atoms with Crippen molar-refractivity contribution in [3.63, 3.8) is 0 Å². The molecule has 0 aliphatic carbocycles. The van der Waals surface area contributed by atoms with E-state index in [9.17, 15) is 14.4 Å². The molecule has 11 heteroatoms. The summed E-state index contributed by atoms with van der Waals surface area (Å²) in [6.07, 6.45) is 0.148. The van der Waals surface area contributed by atoms with Gasteiger partial charge in [-0.05, 0) is 12.1 Å². The molecule has 2 amide bonds. The molecule has 0 saturated carbocycles. The first kappa shape index (κ1) is 17.4. The van der Waals surface area contributed by atoms with Gasteiger partial charge in [0.05, 0.1) is 10.9 Å². The minimum absolute atomic E-state index is 0.148. The van der Waals surface area contributed by atoms with Crippen LogP contribution in [0, 0.1) is 6.92 Å². The molecular weight excluding hydrogens is 315 g/mol. The number of carbonyl (C=O) groups excluding carboxylic acids is 2. The van der Waals surface area contributed by atoms with Gasteiger partial charge in [0.15, 0.2) is 0 Å². The summed E-state index contributed by atoms with van der Waals surface area (Å²) in [4.78, 5) is 42.1. The number of aryl methyl sites for hydroxylation is 1. The van der Waals surface area contributed by atoms with Crippen LogP contribution < -0.4 is 27.5 Å². The summed E-state index contributed by atoms with van der Waals surface area (Å²) in [5.41, 5.74) is 8.37. The Labute approximate surface area is 148 Å². The monoisotopic (exact) mass is 334 g/mol.